The molecule has 0 aromatic rings. The lowest BCUT2D eigenvalue weighted by Crippen LogP contribution is -2.66. The summed E-state index contributed by atoms with van der Waals surface area (Å²) < 4.78 is 26.2. The predicted octanol–water partition coefficient (Wildman–Crippen LogP) is -7.57. The Bertz CT molecular complexity index is 639. The molecule has 16 heteroatoms. The molecule has 0 spiro atoms. The summed E-state index contributed by atoms with van der Waals surface area (Å²) in [6.45, 7) is -2.30. The third-order valence-electron chi connectivity index (χ3n) is 6.10. The second-order valence-electron chi connectivity index (χ2n) is 8.33. The minimum Gasteiger partial charge on any atom is -0.394 e. The molecule has 0 unspecified atom stereocenters. The average molecular weight is 504 g/mol. The van der Waals surface area contributed by atoms with Crippen LogP contribution in [0.15, 0.2) is 0 Å². The monoisotopic (exact) mass is 504 g/mol. The summed E-state index contributed by atoms with van der Waals surface area (Å²) >= 11 is 0. The molecule has 11 N–H and O–H groups in total. The number of hydrogen-bond donors (Lipinski definition) is 11. The third-order valence-corrected chi connectivity index (χ3v) is 6.10. The maximum Gasteiger partial charge on any atom is 0.187 e. The molecule has 0 aliphatic carbocycles. The maximum atomic E-state index is 10.7. The lowest BCUT2D eigenvalue weighted by Gasteiger charge is -2.47. The van der Waals surface area contributed by atoms with Crippen molar-refractivity contribution in [2.75, 3.05) is 19.8 Å². The van der Waals surface area contributed by atoms with E-state index in [1.807, 2.05) is 0 Å². The van der Waals surface area contributed by atoms with Gasteiger partial charge in [-0.1, -0.05) is 0 Å². The van der Waals surface area contributed by atoms with Crippen LogP contribution in [0, 0.1) is 0 Å². The van der Waals surface area contributed by atoms with E-state index in [0.717, 1.165) is 0 Å². The van der Waals surface area contributed by atoms with Crippen LogP contribution in [0.3, 0.4) is 0 Å². The van der Waals surface area contributed by atoms with E-state index in [2.05, 4.69) is 0 Å². The van der Waals surface area contributed by atoms with Gasteiger partial charge >= 0.3 is 0 Å². The topological polar surface area (TPSA) is 269 Å². The van der Waals surface area contributed by atoms with E-state index in [9.17, 15) is 51.1 Å². The van der Waals surface area contributed by atoms with E-state index in [1.54, 1.807) is 0 Å². The zero-order chi connectivity index (χ0) is 25.3. The number of hydrogen-bond acceptors (Lipinski definition) is 16. The van der Waals surface area contributed by atoms with Crippen molar-refractivity contribution in [3.8, 4) is 0 Å². The molecule has 3 aliphatic heterocycles. The fourth-order valence-corrected chi connectivity index (χ4v) is 4.03. The molecular weight excluding hydrogens is 472 g/mol. The average Bonchev–Trinajstić information content (AvgIpc) is 2.82. The minimum atomic E-state index is -1.92. The van der Waals surface area contributed by atoms with Gasteiger partial charge in [0, 0.05) is 0 Å². The van der Waals surface area contributed by atoms with Gasteiger partial charge in [-0.3, -0.25) is 0 Å². The van der Waals surface area contributed by atoms with Gasteiger partial charge in [-0.2, -0.15) is 0 Å². The number of aliphatic hydroxyl groups excluding tert-OH is 11. The van der Waals surface area contributed by atoms with Crippen molar-refractivity contribution < 1.29 is 79.9 Å². The van der Waals surface area contributed by atoms with Gasteiger partial charge < -0.3 is 79.9 Å². The Kier molecular flexibility index (Phi) is 9.54. The van der Waals surface area contributed by atoms with Crippen molar-refractivity contribution in [3.05, 3.63) is 0 Å². The first-order chi connectivity index (χ1) is 16.0. The number of ether oxygens (including phenoxy) is 5. The summed E-state index contributed by atoms with van der Waals surface area (Å²) in [6, 6.07) is 0. The number of rotatable bonds is 7. The molecule has 15 atom stereocenters. The van der Waals surface area contributed by atoms with Crippen LogP contribution in [0.2, 0.25) is 0 Å². The molecule has 3 heterocycles. The summed E-state index contributed by atoms with van der Waals surface area (Å²) in [4.78, 5) is 0. The van der Waals surface area contributed by atoms with Crippen molar-refractivity contribution in [1.82, 2.24) is 0 Å². The fraction of sp³-hybridized carbons (Fsp3) is 1.00. The molecule has 3 rings (SSSR count). The Labute approximate surface area is 192 Å². The summed E-state index contributed by atoms with van der Waals surface area (Å²) in [6.07, 6.45) is -25.5. The molecule has 0 saturated carbocycles. The molecular formula is C18H32O16. The molecule has 3 aliphatic rings. The highest BCUT2D eigenvalue weighted by atomic mass is 16.8. The Morgan fingerprint density at radius 3 is 1.44 bits per heavy atom. The SMILES string of the molecule is OC[C@H]1O[C@H](O[C@@H]2[C@H](O)[C@H](O[C@H]3[C@@H](O)[C@H](O)[C@@H](CO)O[C@H]3O)O[C@H](CO)[C@H]2O)[C@@H](O)[C@@H](O)[C@@H]1O. The van der Waals surface area contributed by atoms with Crippen LogP contribution >= 0.6 is 0 Å². The van der Waals surface area contributed by atoms with E-state index in [-0.39, 0.29) is 0 Å². The Morgan fingerprint density at radius 2 is 0.882 bits per heavy atom. The zero-order valence-electron chi connectivity index (χ0n) is 17.7. The van der Waals surface area contributed by atoms with Crippen LogP contribution in [-0.2, 0) is 23.7 Å². The quantitative estimate of drug-likeness (QED) is 0.154. The summed E-state index contributed by atoms with van der Waals surface area (Å²) in [5.41, 5.74) is 0. The largest absolute Gasteiger partial charge is 0.394 e. The second-order valence-corrected chi connectivity index (χ2v) is 8.33. The van der Waals surface area contributed by atoms with Crippen molar-refractivity contribution >= 4 is 0 Å². The highest BCUT2D eigenvalue weighted by Gasteiger charge is 2.53. The molecule has 3 fully saturated rings. The van der Waals surface area contributed by atoms with Crippen LogP contribution < -0.4 is 0 Å². The predicted molar refractivity (Wildman–Crippen MR) is 101 cm³/mol. The molecule has 0 aromatic heterocycles. The number of aliphatic hydroxyl groups is 11. The second kappa shape index (κ2) is 11.6. The van der Waals surface area contributed by atoms with Gasteiger partial charge in [0.15, 0.2) is 18.9 Å². The van der Waals surface area contributed by atoms with Crippen molar-refractivity contribution in [1.29, 1.82) is 0 Å². The van der Waals surface area contributed by atoms with Crippen LogP contribution in [-0.4, -0.2) is 168 Å². The molecule has 16 nitrogen and oxygen atoms in total. The molecule has 200 valence electrons. The zero-order valence-corrected chi connectivity index (χ0v) is 17.7. The maximum absolute atomic E-state index is 10.7. The molecule has 0 radical (unpaired) electrons. The van der Waals surface area contributed by atoms with Crippen LogP contribution in [0.4, 0.5) is 0 Å². The van der Waals surface area contributed by atoms with Crippen molar-refractivity contribution in [2.24, 2.45) is 0 Å². The molecule has 0 aromatic carbocycles. The standard InChI is InChI=1S/C18H32O16/c19-1-4-8(23)11(26)15(16(29)30-4)34-18-13(28)14(9(24)6(3-21)32-18)33-17-12(27)10(25)7(22)5(2-20)31-17/h4-29H,1-3H2/t4-,5-,6-,7-,8-,9-,10+,11+,12+,13+,14+,15+,16-,17-,18+/m1/s1. The molecule has 0 bridgehead atoms. The first kappa shape index (κ1) is 27.9. The minimum absolute atomic E-state index is 0.724. The summed E-state index contributed by atoms with van der Waals surface area (Å²) in [7, 11) is 0. The molecule has 3 saturated heterocycles. The Hall–Kier alpha value is -0.640. The first-order valence-electron chi connectivity index (χ1n) is 10.6. The van der Waals surface area contributed by atoms with E-state index in [1.165, 1.54) is 0 Å². The lowest BCUT2D eigenvalue weighted by atomic mass is 9.96. The van der Waals surface area contributed by atoms with Crippen LogP contribution in [0.1, 0.15) is 0 Å². The van der Waals surface area contributed by atoms with Crippen LogP contribution in [0.25, 0.3) is 0 Å². The van der Waals surface area contributed by atoms with E-state index < -0.39 is 112 Å². The normalized spacial score (nSPS) is 52.5. The smallest absolute Gasteiger partial charge is 0.187 e. The molecule has 0 amide bonds. The van der Waals surface area contributed by atoms with E-state index in [0.29, 0.717) is 0 Å². The highest BCUT2D eigenvalue weighted by molar-refractivity contribution is 4.96. The fourth-order valence-electron chi connectivity index (χ4n) is 4.03. The molecule has 34 heavy (non-hydrogen) atoms. The first-order valence-corrected chi connectivity index (χ1v) is 10.6. The van der Waals surface area contributed by atoms with Crippen molar-refractivity contribution in [3.63, 3.8) is 0 Å². The van der Waals surface area contributed by atoms with E-state index >= 15 is 0 Å². The third kappa shape index (κ3) is 5.37. The van der Waals surface area contributed by atoms with Gasteiger partial charge in [0.25, 0.3) is 0 Å². The van der Waals surface area contributed by atoms with Gasteiger partial charge in [0.2, 0.25) is 0 Å². The Morgan fingerprint density at radius 1 is 0.441 bits per heavy atom. The van der Waals surface area contributed by atoms with E-state index in [4.69, 9.17) is 28.8 Å². The summed E-state index contributed by atoms with van der Waals surface area (Å²) in [5, 5.41) is 110. The van der Waals surface area contributed by atoms with Gasteiger partial charge in [-0.15, -0.1) is 0 Å². The van der Waals surface area contributed by atoms with Crippen LogP contribution in [0.5, 0.6) is 0 Å². The van der Waals surface area contributed by atoms with Gasteiger partial charge in [-0.25, -0.2) is 0 Å². The Balaban J connectivity index is 1.76. The highest BCUT2D eigenvalue weighted by Crippen LogP contribution is 2.32. The van der Waals surface area contributed by atoms with Gasteiger partial charge in [0.1, 0.15) is 73.2 Å². The van der Waals surface area contributed by atoms with Gasteiger partial charge in [0.05, 0.1) is 19.8 Å². The lowest BCUT2D eigenvalue weighted by molar-refractivity contribution is -0.382. The van der Waals surface area contributed by atoms with Crippen molar-refractivity contribution in [2.45, 2.75) is 92.1 Å². The summed E-state index contributed by atoms with van der Waals surface area (Å²) in [5.74, 6) is 0. The van der Waals surface area contributed by atoms with Gasteiger partial charge in [-0.05, 0) is 0 Å².